The number of hydrogen-bond acceptors (Lipinski definition) is 5. The summed E-state index contributed by atoms with van der Waals surface area (Å²) in [5.74, 6) is 0.175. The molecule has 40 heavy (non-hydrogen) atoms. The van der Waals surface area contributed by atoms with E-state index in [1.807, 2.05) is 104 Å². The number of carbonyl (C=O) groups is 1. The lowest BCUT2D eigenvalue weighted by Crippen LogP contribution is -2.39. The predicted octanol–water partition coefficient (Wildman–Crippen LogP) is 5.53. The zero-order chi connectivity index (χ0) is 28.5. The van der Waals surface area contributed by atoms with Gasteiger partial charge in [0.25, 0.3) is 5.91 Å². The van der Waals surface area contributed by atoms with Crippen molar-refractivity contribution in [3.8, 4) is 5.75 Å². The number of nitrogens with one attached hydrogen (secondary N) is 1. The number of amides is 1. The van der Waals surface area contributed by atoms with Crippen LogP contribution in [0.15, 0.2) is 107 Å². The smallest absolute Gasteiger partial charge is 0.255 e. The van der Waals surface area contributed by atoms with E-state index in [-0.39, 0.29) is 18.0 Å². The topological polar surface area (TPSA) is 88.1 Å². The van der Waals surface area contributed by atoms with Gasteiger partial charge in [0.1, 0.15) is 12.4 Å². The van der Waals surface area contributed by atoms with Crippen LogP contribution in [0.2, 0.25) is 0 Å². The van der Waals surface area contributed by atoms with Crippen molar-refractivity contribution in [2.75, 3.05) is 6.54 Å². The Morgan fingerprint density at radius 1 is 0.850 bits per heavy atom. The molecule has 4 aromatic rings. The lowest BCUT2D eigenvalue weighted by atomic mass is 10.1. The van der Waals surface area contributed by atoms with E-state index in [9.17, 15) is 13.2 Å². The summed E-state index contributed by atoms with van der Waals surface area (Å²) in [6.45, 7) is 5.61. The van der Waals surface area contributed by atoms with Gasteiger partial charge in [-0.25, -0.2) is 13.8 Å². The summed E-state index contributed by atoms with van der Waals surface area (Å²) in [7, 11) is -3.97. The highest BCUT2D eigenvalue weighted by Gasteiger charge is 2.30. The van der Waals surface area contributed by atoms with Gasteiger partial charge < -0.3 is 4.74 Å². The average Bonchev–Trinajstić information content (AvgIpc) is 2.93. The van der Waals surface area contributed by atoms with Gasteiger partial charge in [0.15, 0.2) is 0 Å². The van der Waals surface area contributed by atoms with Gasteiger partial charge in [0, 0.05) is 6.54 Å². The third-order valence-corrected chi connectivity index (χ3v) is 8.35. The quantitative estimate of drug-likeness (QED) is 0.195. The second kappa shape index (κ2) is 13.2. The summed E-state index contributed by atoms with van der Waals surface area (Å²) in [6, 6.07) is 30.1. The first kappa shape index (κ1) is 28.7. The molecule has 0 aromatic heterocycles. The zero-order valence-electron chi connectivity index (χ0n) is 22.9. The fourth-order valence-corrected chi connectivity index (χ4v) is 6.28. The third kappa shape index (κ3) is 7.65. The molecular weight excluding hydrogens is 522 g/mol. The Kier molecular flexibility index (Phi) is 9.47. The van der Waals surface area contributed by atoms with Crippen molar-refractivity contribution >= 4 is 22.1 Å². The van der Waals surface area contributed by atoms with E-state index in [1.54, 1.807) is 13.8 Å². The molecule has 0 aliphatic carbocycles. The number of hydrazone groups is 1. The Morgan fingerprint density at radius 2 is 1.43 bits per heavy atom. The molecule has 0 aliphatic rings. The molecule has 8 heteroatoms. The summed E-state index contributed by atoms with van der Waals surface area (Å²) >= 11 is 0. The zero-order valence-corrected chi connectivity index (χ0v) is 23.7. The van der Waals surface area contributed by atoms with Gasteiger partial charge in [0.05, 0.1) is 17.7 Å². The van der Waals surface area contributed by atoms with Crippen molar-refractivity contribution in [3.63, 3.8) is 0 Å². The van der Waals surface area contributed by atoms with Gasteiger partial charge in [-0.05, 0) is 72.9 Å². The number of ether oxygens (including phenoxy) is 1. The molecule has 7 nitrogen and oxygen atoms in total. The van der Waals surface area contributed by atoms with Gasteiger partial charge in [0.2, 0.25) is 10.0 Å². The van der Waals surface area contributed by atoms with Crippen LogP contribution in [0.4, 0.5) is 0 Å². The molecule has 1 N–H and O–H groups in total. The van der Waals surface area contributed by atoms with Crippen molar-refractivity contribution in [2.24, 2.45) is 5.10 Å². The van der Waals surface area contributed by atoms with Crippen LogP contribution >= 0.6 is 0 Å². The number of hydrogen-bond donors (Lipinski definition) is 1. The van der Waals surface area contributed by atoms with E-state index in [0.717, 1.165) is 22.3 Å². The van der Waals surface area contributed by atoms with Crippen LogP contribution in [0.5, 0.6) is 5.75 Å². The lowest BCUT2D eigenvalue weighted by molar-refractivity contribution is -0.121. The molecule has 4 rings (SSSR count). The molecule has 0 unspecified atom stereocenters. The van der Waals surface area contributed by atoms with Crippen LogP contribution in [-0.2, 0) is 28.0 Å². The van der Waals surface area contributed by atoms with Crippen LogP contribution in [0, 0.1) is 20.8 Å². The van der Waals surface area contributed by atoms with Crippen LogP contribution in [0.3, 0.4) is 0 Å². The molecule has 0 saturated carbocycles. The molecule has 4 aromatic carbocycles. The Bertz CT molecular complexity index is 1550. The predicted molar refractivity (Wildman–Crippen MR) is 158 cm³/mol. The fraction of sp³-hybridized carbons (Fsp3) is 0.188. The maximum Gasteiger partial charge on any atom is 0.255 e. The first-order valence-electron chi connectivity index (χ1n) is 12.9. The lowest BCUT2D eigenvalue weighted by Gasteiger charge is -2.24. The average molecular weight is 556 g/mol. The summed E-state index contributed by atoms with van der Waals surface area (Å²) in [5, 5.41) is 4.04. The number of benzene rings is 4. The highest BCUT2D eigenvalue weighted by molar-refractivity contribution is 7.89. The van der Waals surface area contributed by atoms with E-state index in [2.05, 4.69) is 10.5 Å². The van der Waals surface area contributed by atoms with Crippen molar-refractivity contribution < 1.29 is 17.9 Å². The van der Waals surface area contributed by atoms with E-state index >= 15 is 0 Å². The van der Waals surface area contributed by atoms with Crippen molar-refractivity contribution in [1.82, 2.24) is 9.73 Å². The molecule has 1 amide bonds. The molecule has 206 valence electrons. The van der Waals surface area contributed by atoms with Gasteiger partial charge in [-0.3, -0.25) is 4.79 Å². The SMILES string of the molecule is Cc1cc(C)c(S(=O)(=O)N(CC(=O)N/N=C\c2ccc(OCc3ccccc3)cc2)Cc2ccccc2)c(C)c1. The van der Waals surface area contributed by atoms with E-state index in [1.165, 1.54) is 10.5 Å². The monoisotopic (exact) mass is 555 g/mol. The fourth-order valence-electron chi connectivity index (χ4n) is 4.48. The number of sulfonamides is 1. The molecule has 0 atom stereocenters. The van der Waals surface area contributed by atoms with E-state index in [4.69, 9.17) is 4.74 Å². The maximum atomic E-state index is 13.8. The number of carbonyl (C=O) groups excluding carboxylic acids is 1. The van der Waals surface area contributed by atoms with Crippen LogP contribution in [-0.4, -0.2) is 31.4 Å². The largest absolute Gasteiger partial charge is 0.489 e. The second-order valence-electron chi connectivity index (χ2n) is 9.62. The minimum Gasteiger partial charge on any atom is -0.489 e. The Hall–Kier alpha value is -4.27. The summed E-state index contributed by atoms with van der Waals surface area (Å²) in [6.07, 6.45) is 1.50. The molecule has 0 fully saturated rings. The van der Waals surface area contributed by atoms with Crippen LogP contribution in [0.1, 0.15) is 33.4 Å². The Labute approximate surface area is 236 Å². The van der Waals surface area contributed by atoms with Gasteiger partial charge >= 0.3 is 0 Å². The van der Waals surface area contributed by atoms with E-state index in [0.29, 0.717) is 23.5 Å². The van der Waals surface area contributed by atoms with Gasteiger partial charge in [-0.1, -0.05) is 78.4 Å². The molecular formula is C32H33N3O4S. The van der Waals surface area contributed by atoms with Gasteiger partial charge in [-0.2, -0.15) is 9.41 Å². The molecule has 0 spiro atoms. The Morgan fingerprint density at radius 3 is 2.02 bits per heavy atom. The molecule has 0 heterocycles. The summed E-state index contributed by atoms with van der Waals surface area (Å²) in [4.78, 5) is 13.1. The number of aryl methyl sites for hydroxylation is 3. The summed E-state index contributed by atoms with van der Waals surface area (Å²) in [5.41, 5.74) is 7.34. The number of rotatable bonds is 11. The minimum atomic E-state index is -3.97. The van der Waals surface area contributed by atoms with Crippen LogP contribution in [0.25, 0.3) is 0 Å². The maximum absolute atomic E-state index is 13.8. The molecule has 0 bridgehead atoms. The molecule has 0 radical (unpaired) electrons. The minimum absolute atomic E-state index is 0.0531. The van der Waals surface area contributed by atoms with Crippen molar-refractivity contribution in [1.29, 1.82) is 0 Å². The highest BCUT2D eigenvalue weighted by atomic mass is 32.2. The standard InChI is InChI=1S/C32H33N3O4S/c1-24-18-25(2)32(26(3)19-24)40(37,38)35(21-28-10-6-4-7-11-28)22-31(36)34-33-20-27-14-16-30(17-15-27)39-23-29-12-8-5-9-13-29/h4-20H,21-23H2,1-3H3,(H,34,36)/b33-20-. The van der Waals surface area contributed by atoms with Crippen molar-refractivity contribution in [2.45, 2.75) is 38.8 Å². The van der Waals surface area contributed by atoms with Gasteiger partial charge in [-0.15, -0.1) is 0 Å². The molecule has 0 aliphatic heterocycles. The normalized spacial score (nSPS) is 11.6. The van der Waals surface area contributed by atoms with E-state index < -0.39 is 15.9 Å². The summed E-state index contributed by atoms with van der Waals surface area (Å²) < 4.78 is 34.6. The Balaban J connectivity index is 1.43. The van der Waals surface area contributed by atoms with Crippen LogP contribution < -0.4 is 10.2 Å². The van der Waals surface area contributed by atoms with Crippen molar-refractivity contribution in [3.05, 3.63) is 130 Å². The molecule has 0 saturated heterocycles. The second-order valence-corrected chi connectivity index (χ2v) is 11.5. The number of nitrogens with zero attached hydrogens (tertiary/aromatic N) is 2. The highest BCUT2D eigenvalue weighted by Crippen LogP contribution is 2.26. The third-order valence-electron chi connectivity index (χ3n) is 6.26. The first-order valence-corrected chi connectivity index (χ1v) is 14.4. The first-order chi connectivity index (χ1) is 19.2.